The van der Waals surface area contributed by atoms with E-state index in [1.54, 1.807) is 0 Å². The molecule has 0 amide bonds. The molecule has 0 aliphatic heterocycles. The highest BCUT2D eigenvalue weighted by molar-refractivity contribution is 5.74. The number of aromatic nitrogens is 2. The molecule has 3 rings (SSSR count). The number of nitrogens with zero attached hydrogens (tertiary/aromatic N) is 1. The first-order valence-corrected chi connectivity index (χ1v) is 6.10. The second kappa shape index (κ2) is 4.53. The van der Waals surface area contributed by atoms with E-state index in [0.29, 0.717) is 0 Å². The van der Waals surface area contributed by atoms with Crippen molar-refractivity contribution in [2.24, 2.45) is 0 Å². The van der Waals surface area contributed by atoms with Crippen molar-refractivity contribution >= 4 is 16.7 Å². The van der Waals surface area contributed by atoms with Gasteiger partial charge in [0, 0.05) is 12.1 Å². The van der Waals surface area contributed by atoms with Gasteiger partial charge < -0.3 is 10.7 Å². The molecule has 0 spiro atoms. The summed E-state index contributed by atoms with van der Waals surface area (Å²) < 4.78 is 0. The molecule has 0 aliphatic carbocycles. The van der Waals surface area contributed by atoms with E-state index in [4.69, 9.17) is 5.73 Å². The molecule has 0 aliphatic rings. The Kier molecular flexibility index (Phi) is 2.73. The molecule has 1 aromatic heterocycles. The summed E-state index contributed by atoms with van der Waals surface area (Å²) in [6.45, 7) is 0. The Balaban J connectivity index is 1.79. The van der Waals surface area contributed by atoms with E-state index < -0.39 is 0 Å². The molecule has 0 saturated carbocycles. The molecule has 0 unspecified atom stereocenters. The number of benzene rings is 2. The molecule has 0 bridgehead atoms. The van der Waals surface area contributed by atoms with Gasteiger partial charge in [0.2, 0.25) is 0 Å². The van der Waals surface area contributed by atoms with Gasteiger partial charge in [-0.15, -0.1) is 0 Å². The molecule has 18 heavy (non-hydrogen) atoms. The SMILES string of the molecule is Nc1ccccc1CCc1nc2ccccc2[nH]1. The Morgan fingerprint density at radius 3 is 2.56 bits per heavy atom. The first-order chi connectivity index (χ1) is 8.83. The average molecular weight is 237 g/mol. The van der Waals surface area contributed by atoms with Crippen LogP contribution in [-0.4, -0.2) is 9.97 Å². The summed E-state index contributed by atoms with van der Waals surface area (Å²) in [5, 5.41) is 0. The van der Waals surface area contributed by atoms with E-state index in [2.05, 4.69) is 16.0 Å². The highest BCUT2D eigenvalue weighted by Crippen LogP contribution is 2.15. The number of nitrogens with two attached hydrogens (primary N) is 1. The van der Waals surface area contributed by atoms with Crippen LogP contribution in [0.2, 0.25) is 0 Å². The topological polar surface area (TPSA) is 54.7 Å². The van der Waals surface area contributed by atoms with Gasteiger partial charge in [-0.3, -0.25) is 0 Å². The Bertz CT molecular complexity index is 637. The zero-order valence-corrected chi connectivity index (χ0v) is 10.1. The number of rotatable bonds is 3. The van der Waals surface area contributed by atoms with Crippen LogP contribution in [0.4, 0.5) is 5.69 Å². The van der Waals surface area contributed by atoms with Crippen molar-refractivity contribution < 1.29 is 0 Å². The monoisotopic (exact) mass is 237 g/mol. The third-order valence-corrected chi connectivity index (χ3v) is 3.12. The molecule has 3 aromatic rings. The van der Waals surface area contributed by atoms with E-state index in [1.165, 1.54) is 5.56 Å². The fourth-order valence-corrected chi connectivity index (χ4v) is 2.14. The number of para-hydroxylation sites is 3. The normalized spacial score (nSPS) is 10.9. The predicted molar refractivity (Wildman–Crippen MR) is 74.4 cm³/mol. The summed E-state index contributed by atoms with van der Waals surface area (Å²) in [6.07, 6.45) is 1.79. The van der Waals surface area contributed by atoms with Crippen molar-refractivity contribution in [3.8, 4) is 0 Å². The van der Waals surface area contributed by atoms with E-state index in [-0.39, 0.29) is 0 Å². The fraction of sp³-hybridized carbons (Fsp3) is 0.133. The molecule has 3 heteroatoms. The third kappa shape index (κ3) is 2.07. The zero-order chi connectivity index (χ0) is 12.4. The van der Waals surface area contributed by atoms with Crippen molar-refractivity contribution in [1.82, 2.24) is 9.97 Å². The molecule has 0 saturated heterocycles. The van der Waals surface area contributed by atoms with Gasteiger partial charge in [0.25, 0.3) is 0 Å². The van der Waals surface area contributed by atoms with E-state index in [9.17, 15) is 0 Å². The largest absolute Gasteiger partial charge is 0.399 e. The highest BCUT2D eigenvalue weighted by Gasteiger charge is 2.03. The molecule has 1 heterocycles. The van der Waals surface area contributed by atoms with Crippen LogP contribution >= 0.6 is 0 Å². The summed E-state index contributed by atoms with van der Waals surface area (Å²) in [4.78, 5) is 7.89. The number of aromatic amines is 1. The van der Waals surface area contributed by atoms with Gasteiger partial charge in [-0.2, -0.15) is 0 Å². The fourth-order valence-electron chi connectivity index (χ4n) is 2.14. The van der Waals surface area contributed by atoms with Crippen molar-refractivity contribution in [3.05, 3.63) is 59.9 Å². The van der Waals surface area contributed by atoms with Crippen molar-refractivity contribution in [2.45, 2.75) is 12.8 Å². The minimum atomic E-state index is 0.855. The standard InChI is InChI=1S/C15H15N3/c16-12-6-2-1-5-11(12)9-10-15-17-13-7-3-4-8-14(13)18-15/h1-8H,9-10,16H2,(H,17,18). The first kappa shape index (κ1) is 10.8. The number of hydrogen-bond acceptors (Lipinski definition) is 2. The summed E-state index contributed by atoms with van der Waals surface area (Å²) >= 11 is 0. The maximum atomic E-state index is 5.93. The smallest absolute Gasteiger partial charge is 0.107 e. The second-order valence-corrected chi connectivity index (χ2v) is 4.40. The van der Waals surface area contributed by atoms with Crippen LogP contribution in [0, 0.1) is 0 Å². The molecule has 0 fully saturated rings. The van der Waals surface area contributed by atoms with E-state index >= 15 is 0 Å². The molecule has 0 radical (unpaired) electrons. The molecule has 0 atom stereocenters. The van der Waals surface area contributed by atoms with Crippen LogP contribution in [0.25, 0.3) is 11.0 Å². The van der Waals surface area contributed by atoms with E-state index in [1.807, 2.05) is 42.5 Å². The first-order valence-electron chi connectivity index (χ1n) is 6.10. The Morgan fingerprint density at radius 1 is 0.944 bits per heavy atom. The van der Waals surface area contributed by atoms with Gasteiger partial charge >= 0.3 is 0 Å². The van der Waals surface area contributed by atoms with Crippen LogP contribution in [0.5, 0.6) is 0 Å². The maximum Gasteiger partial charge on any atom is 0.107 e. The maximum absolute atomic E-state index is 5.93. The summed E-state index contributed by atoms with van der Waals surface area (Å²) in [5.41, 5.74) is 10.1. The molecule has 2 aromatic carbocycles. The minimum absolute atomic E-state index is 0.855. The zero-order valence-electron chi connectivity index (χ0n) is 10.1. The van der Waals surface area contributed by atoms with Crippen LogP contribution < -0.4 is 5.73 Å². The number of anilines is 1. The summed E-state index contributed by atoms with van der Waals surface area (Å²) in [7, 11) is 0. The lowest BCUT2D eigenvalue weighted by Crippen LogP contribution is -1.97. The average Bonchev–Trinajstić information content (AvgIpc) is 2.80. The van der Waals surface area contributed by atoms with Crippen LogP contribution in [0.1, 0.15) is 11.4 Å². The molecule has 3 nitrogen and oxygen atoms in total. The van der Waals surface area contributed by atoms with Gasteiger partial charge in [-0.25, -0.2) is 4.98 Å². The Hall–Kier alpha value is -2.29. The number of nitrogen functional groups attached to an aromatic ring is 1. The molecular formula is C15H15N3. The van der Waals surface area contributed by atoms with Gasteiger partial charge in [-0.05, 0) is 30.2 Å². The second-order valence-electron chi connectivity index (χ2n) is 4.40. The molecule has 3 N–H and O–H groups in total. The Labute approximate surface area is 106 Å². The van der Waals surface area contributed by atoms with Crippen molar-refractivity contribution in [2.75, 3.05) is 5.73 Å². The van der Waals surface area contributed by atoms with Gasteiger partial charge in [0.1, 0.15) is 5.82 Å². The highest BCUT2D eigenvalue weighted by atomic mass is 14.9. The number of aryl methyl sites for hydroxylation is 2. The number of H-pyrrole nitrogens is 1. The molecular weight excluding hydrogens is 222 g/mol. The lowest BCUT2D eigenvalue weighted by atomic mass is 10.1. The summed E-state index contributed by atoms with van der Waals surface area (Å²) in [5.74, 6) is 1.01. The van der Waals surface area contributed by atoms with Crippen LogP contribution in [0.15, 0.2) is 48.5 Å². The van der Waals surface area contributed by atoms with Crippen molar-refractivity contribution in [3.63, 3.8) is 0 Å². The van der Waals surface area contributed by atoms with E-state index in [0.717, 1.165) is 35.4 Å². The lowest BCUT2D eigenvalue weighted by molar-refractivity contribution is 0.892. The van der Waals surface area contributed by atoms with Crippen LogP contribution in [-0.2, 0) is 12.8 Å². The van der Waals surface area contributed by atoms with Gasteiger partial charge in [0.05, 0.1) is 11.0 Å². The Morgan fingerprint density at radius 2 is 1.72 bits per heavy atom. The van der Waals surface area contributed by atoms with Gasteiger partial charge in [0.15, 0.2) is 0 Å². The predicted octanol–water partition coefficient (Wildman–Crippen LogP) is 2.93. The van der Waals surface area contributed by atoms with Gasteiger partial charge in [-0.1, -0.05) is 30.3 Å². The number of fused-ring (bicyclic) bond motifs is 1. The lowest BCUT2D eigenvalue weighted by Gasteiger charge is -2.03. The number of imidazole rings is 1. The summed E-state index contributed by atoms with van der Waals surface area (Å²) in [6, 6.07) is 16.1. The number of hydrogen-bond donors (Lipinski definition) is 2. The quantitative estimate of drug-likeness (QED) is 0.688. The number of nitrogens with one attached hydrogen (secondary N) is 1. The minimum Gasteiger partial charge on any atom is -0.399 e. The van der Waals surface area contributed by atoms with Crippen molar-refractivity contribution in [1.29, 1.82) is 0 Å². The molecule has 90 valence electrons. The van der Waals surface area contributed by atoms with Crippen LogP contribution in [0.3, 0.4) is 0 Å². The third-order valence-electron chi connectivity index (χ3n) is 3.12.